The molecule has 2 amide bonds. The molecule has 156 valence electrons. The first-order valence-electron chi connectivity index (χ1n) is 10.3. The first-order valence-corrected chi connectivity index (χ1v) is 10.3. The van der Waals surface area contributed by atoms with Crippen molar-refractivity contribution in [2.75, 3.05) is 39.8 Å². The fraction of sp³-hybridized carbons (Fsp3) is 0.650. The van der Waals surface area contributed by atoms with Gasteiger partial charge in [0.15, 0.2) is 5.65 Å². The number of pyridine rings is 1. The van der Waals surface area contributed by atoms with Gasteiger partial charge in [-0.25, -0.2) is 9.67 Å². The van der Waals surface area contributed by atoms with E-state index in [0.29, 0.717) is 29.8 Å². The molecule has 2 aliphatic heterocycles. The molecule has 29 heavy (non-hydrogen) atoms. The summed E-state index contributed by atoms with van der Waals surface area (Å²) in [5.74, 6) is 0.254. The van der Waals surface area contributed by atoms with E-state index in [9.17, 15) is 9.59 Å². The van der Waals surface area contributed by atoms with Gasteiger partial charge >= 0.3 is 0 Å². The molecule has 0 aliphatic carbocycles. The maximum atomic E-state index is 12.9. The van der Waals surface area contributed by atoms with Crippen LogP contribution >= 0.6 is 0 Å². The quantitative estimate of drug-likeness (QED) is 0.812. The third-order valence-electron chi connectivity index (χ3n) is 6.32. The maximum Gasteiger partial charge on any atom is 0.252 e. The minimum atomic E-state index is -0.175. The fourth-order valence-corrected chi connectivity index (χ4v) is 4.32. The van der Waals surface area contributed by atoms with E-state index in [1.54, 1.807) is 24.0 Å². The zero-order chi connectivity index (χ0) is 20.6. The van der Waals surface area contributed by atoms with Crippen LogP contribution < -0.4 is 5.32 Å². The zero-order valence-electron chi connectivity index (χ0n) is 17.4. The molecule has 1 atom stereocenters. The fourth-order valence-electron chi connectivity index (χ4n) is 4.32. The van der Waals surface area contributed by atoms with Crippen molar-refractivity contribution < 1.29 is 9.59 Å². The van der Waals surface area contributed by atoms with Gasteiger partial charge in [0.2, 0.25) is 5.91 Å². The van der Waals surface area contributed by atoms with Gasteiger partial charge in [-0.05, 0) is 45.5 Å². The average Bonchev–Trinajstić information content (AvgIpc) is 3.29. The second-order valence-corrected chi connectivity index (χ2v) is 8.86. The number of amides is 2. The van der Waals surface area contributed by atoms with Gasteiger partial charge in [0.05, 0.1) is 5.56 Å². The number of carbonyl (C=O) groups is 2. The first-order chi connectivity index (χ1) is 13.8. The van der Waals surface area contributed by atoms with Gasteiger partial charge in [-0.2, -0.15) is 0 Å². The van der Waals surface area contributed by atoms with Gasteiger partial charge < -0.3 is 15.1 Å². The summed E-state index contributed by atoms with van der Waals surface area (Å²) >= 11 is 0. The second kappa shape index (κ2) is 7.70. The van der Waals surface area contributed by atoms with E-state index in [1.807, 2.05) is 4.90 Å². The zero-order valence-corrected chi connectivity index (χ0v) is 17.4. The summed E-state index contributed by atoms with van der Waals surface area (Å²) in [5.41, 5.74) is 1.61. The van der Waals surface area contributed by atoms with Crippen LogP contribution in [-0.2, 0) is 11.8 Å². The summed E-state index contributed by atoms with van der Waals surface area (Å²) in [6, 6.07) is 1.71. The molecule has 0 saturated carbocycles. The van der Waals surface area contributed by atoms with Gasteiger partial charge in [0.1, 0.15) is 5.52 Å². The van der Waals surface area contributed by atoms with E-state index in [0.717, 1.165) is 38.9 Å². The van der Waals surface area contributed by atoms with Crippen LogP contribution in [-0.4, -0.2) is 81.4 Å². The smallest absolute Gasteiger partial charge is 0.252 e. The third kappa shape index (κ3) is 4.10. The number of nitrogens with one attached hydrogen (secondary N) is 1. The van der Waals surface area contributed by atoms with Gasteiger partial charge in [-0.1, -0.05) is 12.1 Å². The number of aromatic nitrogens is 4. The van der Waals surface area contributed by atoms with Gasteiger partial charge in [-0.15, -0.1) is 5.10 Å². The normalized spacial score (nSPS) is 23.6. The van der Waals surface area contributed by atoms with Crippen molar-refractivity contribution in [1.29, 1.82) is 0 Å². The Morgan fingerprint density at radius 3 is 2.76 bits per heavy atom. The highest BCUT2D eigenvalue weighted by Crippen LogP contribution is 2.31. The van der Waals surface area contributed by atoms with Crippen molar-refractivity contribution in [2.45, 2.75) is 26.2 Å². The molecule has 4 heterocycles. The number of carbonyl (C=O) groups excluding carboxylic acids is 2. The minimum Gasteiger partial charge on any atom is -0.351 e. The van der Waals surface area contributed by atoms with Crippen molar-refractivity contribution in [1.82, 2.24) is 35.1 Å². The second-order valence-electron chi connectivity index (χ2n) is 8.86. The molecule has 9 heteroatoms. The van der Waals surface area contributed by atoms with E-state index in [2.05, 4.69) is 39.5 Å². The molecule has 1 N–H and O–H groups in total. The molecular formula is C20H29N7O2. The number of hydrogen-bond acceptors (Lipinski definition) is 6. The summed E-state index contributed by atoms with van der Waals surface area (Å²) in [4.78, 5) is 34.0. The Balaban J connectivity index is 1.33. The number of nitrogens with zero attached hydrogens (tertiary/aromatic N) is 6. The number of rotatable bonds is 4. The number of fused-ring (bicyclic) bond motifs is 1. The van der Waals surface area contributed by atoms with E-state index in [-0.39, 0.29) is 23.1 Å². The topological polar surface area (TPSA) is 96.2 Å². The summed E-state index contributed by atoms with van der Waals surface area (Å²) in [5, 5.41) is 10.9. The highest BCUT2D eigenvalue weighted by Gasteiger charge is 2.38. The van der Waals surface area contributed by atoms with Crippen molar-refractivity contribution in [3.63, 3.8) is 0 Å². The van der Waals surface area contributed by atoms with E-state index >= 15 is 0 Å². The Bertz CT molecular complexity index is 919. The van der Waals surface area contributed by atoms with Crippen LogP contribution in [0.2, 0.25) is 0 Å². The molecule has 2 aromatic rings. The number of likely N-dealkylation sites (tertiary alicyclic amines) is 2. The van der Waals surface area contributed by atoms with Crippen LogP contribution in [0.3, 0.4) is 0 Å². The van der Waals surface area contributed by atoms with Crippen molar-refractivity contribution >= 4 is 23.0 Å². The highest BCUT2D eigenvalue weighted by atomic mass is 16.2. The minimum absolute atomic E-state index is 0.110. The van der Waals surface area contributed by atoms with Crippen LogP contribution in [0.15, 0.2) is 12.3 Å². The summed E-state index contributed by atoms with van der Waals surface area (Å²) < 4.78 is 1.58. The lowest BCUT2D eigenvalue weighted by Gasteiger charge is -2.31. The lowest BCUT2D eigenvalue weighted by atomic mass is 9.89. The predicted molar refractivity (Wildman–Crippen MR) is 108 cm³/mol. The standard InChI is InChI=1S/C20H29N7O2/c1-20(6-9-27(13-20)19(29)14-4-7-25(2)8-5-14)12-22-18(28)15-10-16-17(21-11-15)26(3)24-23-16/h10-11,14H,4-9,12-13H2,1-3H3,(H,22,28). The Kier molecular flexibility index (Phi) is 5.24. The predicted octanol–water partition coefficient (Wildman–Crippen LogP) is 0.674. The summed E-state index contributed by atoms with van der Waals surface area (Å²) in [6.07, 6.45) is 4.33. The van der Waals surface area contributed by atoms with E-state index < -0.39 is 0 Å². The molecule has 2 fully saturated rings. The molecule has 0 aromatic carbocycles. The van der Waals surface area contributed by atoms with Crippen LogP contribution in [0.25, 0.3) is 11.2 Å². The van der Waals surface area contributed by atoms with Crippen LogP contribution in [0, 0.1) is 11.3 Å². The Morgan fingerprint density at radius 2 is 2.00 bits per heavy atom. The monoisotopic (exact) mass is 399 g/mol. The molecule has 2 saturated heterocycles. The number of hydrogen-bond donors (Lipinski definition) is 1. The van der Waals surface area contributed by atoms with Crippen molar-refractivity contribution in [3.8, 4) is 0 Å². The van der Waals surface area contributed by atoms with Crippen molar-refractivity contribution in [3.05, 3.63) is 17.8 Å². The highest BCUT2D eigenvalue weighted by molar-refractivity contribution is 5.96. The van der Waals surface area contributed by atoms with Crippen LogP contribution in [0.4, 0.5) is 0 Å². The molecule has 0 bridgehead atoms. The molecule has 4 rings (SSSR count). The number of aryl methyl sites for hydroxylation is 1. The third-order valence-corrected chi connectivity index (χ3v) is 6.32. The molecule has 2 aliphatic rings. The lowest BCUT2D eigenvalue weighted by molar-refractivity contribution is -0.136. The first kappa shape index (κ1) is 19.8. The van der Waals surface area contributed by atoms with E-state index in [4.69, 9.17) is 0 Å². The molecule has 0 radical (unpaired) electrons. The molecule has 9 nitrogen and oxygen atoms in total. The van der Waals surface area contributed by atoms with Crippen molar-refractivity contribution in [2.24, 2.45) is 18.4 Å². The molecule has 2 aromatic heterocycles. The molecule has 0 spiro atoms. The van der Waals surface area contributed by atoms with Gasteiger partial charge in [0.25, 0.3) is 5.91 Å². The SMILES string of the molecule is CN1CCC(C(=O)N2CCC(C)(CNC(=O)c3cnc4c(c3)nnn4C)C2)CC1. The van der Waals surface area contributed by atoms with Crippen LogP contribution in [0.1, 0.15) is 36.5 Å². The van der Waals surface area contributed by atoms with E-state index in [1.165, 1.54) is 0 Å². The number of piperidine rings is 1. The average molecular weight is 399 g/mol. The Labute approximate surface area is 170 Å². The van der Waals surface area contributed by atoms with Crippen LogP contribution in [0.5, 0.6) is 0 Å². The van der Waals surface area contributed by atoms with Gasteiger partial charge in [0, 0.05) is 44.2 Å². The summed E-state index contributed by atoms with van der Waals surface area (Å²) in [7, 11) is 3.87. The molecule has 1 unspecified atom stereocenters. The van der Waals surface area contributed by atoms with Gasteiger partial charge in [-0.3, -0.25) is 9.59 Å². The Morgan fingerprint density at radius 1 is 1.24 bits per heavy atom. The largest absolute Gasteiger partial charge is 0.351 e. The lowest BCUT2D eigenvalue weighted by Crippen LogP contribution is -2.43. The molecular weight excluding hydrogens is 370 g/mol. The summed E-state index contributed by atoms with van der Waals surface area (Å²) in [6.45, 7) is 6.11. The maximum absolute atomic E-state index is 12.9. The Hall–Kier alpha value is -2.55.